The summed E-state index contributed by atoms with van der Waals surface area (Å²) in [4.78, 5) is 39.9. The van der Waals surface area contributed by atoms with E-state index < -0.39 is 11.4 Å². The summed E-state index contributed by atoms with van der Waals surface area (Å²) in [6, 6.07) is 8.78. The third-order valence-corrected chi connectivity index (χ3v) is 6.47. The number of halogens is 1. The summed E-state index contributed by atoms with van der Waals surface area (Å²) >= 11 is 4.61. The van der Waals surface area contributed by atoms with E-state index in [4.69, 9.17) is 9.47 Å². The lowest BCUT2D eigenvalue weighted by atomic mass is 10.0. The van der Waals surface area contributed by atoms with Gasteiger partial charge in [-0.25, -0.2) is 0 Å². The SMILES string of the molecule is COC[C@](C)(NC(=O)c1ccc(Br)s1)C(=O)Nc1ccc(N2CCOCC2=O)c(C)c1. The van der Waals surface area contributed by atoms with Crippen molar-refractivity contribution in [2.75, 3.05) is 43.7 Å². The summed E-state index contributed by atoms with van der Waals surface area (Å²) in [5.41, 5.74) is 0.897. The quantitative estimate of drug-likeness (QED) is 0.597. The second-order valence-electron chi connectivity index (χ2n) is 7.38. The van der Waals surface area contributed by atoms with Gasteiger partial charge in [-0.2, -0.15) is 0 Å². The maximum atomic E-state index is 13.1. The predicted molar refractivity (Wildman–Crippen MR) is 123 cm³/mol. The third kappa shape index (κ3) is 5.51. The van der Waals surface area contributed by atoms with Crippen molar-refractivity contribution in [3.8, 4) is 0 Å². The number of nitrogens with zero attached hydrogens (tertiary/aromatic N) is 1. The smallest absolute Gasteiger partial charge is 0.262 e. The highest BCUT2D eigenvalue weighted by Gasteiger charge is 2.36. The van der Waals surface area contributed by atoms with Crippen LogP contribution in [0.5, 0.6) is 0 Å². The third-order valence-electron chi connectivity index (χ3n) is 4.85. The van der Waals surface area contributed by atoms with Crippen molar-refractivity contribution in [1.82, 2.24) is 5.32 Å². The number of rotatable bonds is 7. The Labute approximate surface area is 193 Å². The molecule has 10 heteroatoms. The summed E-state index contributed by atoms with van der Waals surface area (Å²) in [5.74, 6) is -0.864. The first-order chi connectivity index (χ1) is 14.7. The van der Waals surface area contributed by atoms with Crippen molar-refractivity contribution in [2.24, 2.45) is 0 Å². The Balaban J connectivity index is 1.74. The van der Waals surface area contributed by atoms with Crippen LogP contribution in [-0.2, 0) is 19.1 Å². The number of amides is 3. The van der Waals surface area contributed by atoms with E-state index >= 15 is 0 Å². The minimum absolute atomic E-state index is 0.00351. The Morgan fingerprint density at radius 3 is 2.71 bits per heavy atom. The summed E-state index contributed by atoms with van der Waals surface area (Å²) in [6.07, 6.45) is 0. The van der Waals surface area contributed by atoms with Crippen LogP contribution in [0.3, 0.4) is 0 Å². The number of carbonyl (C=O) groups is 3. The van der Waals surface area contributed by atoms with Crippen LogP contribution in [0.15, 0.2) is 34.1 Å². The van der Waals surface area contributed by atoms with E-state index in [1.54, 1.807) is 42.2 Å². The molecule has 3 amide bonds. The van der Waals surface area contributed by atoms with E-state index in [1.165, 1.54) is 18.4 Å². The minimum Gasteiger partial charge on any atom is -0.382 e. The Bertz CT molecular complexity index is 995. The zero-order valence-electron chi connectivity index (χ0n) is 17.5. The molecule has 0 saturated carbocycles. The van der Waals surface area contributed by atoms with E-state index in [-0.39, 0.29) is 25.0 Å². The lowest BCUT2D eigenvalue weighted by Crippen LogP contribution is -2.57. The molecule has 0 aliphatic carbocycles. The van der Waals surface area contributed by atoms with Gasteiger partial charge in [-0.1, -0.05) is 0 Å². The van der Waals surface area contributed by atoms with Gasteiger partial charge in [0.25, 0.3) is 17.7 Å². The molecule has 0 radical (unpaired) electrons. The predicted octanol–water partition coefficient (Wildman–Crippen LogP) is 2.96. The second kappa shape index (κ2) is 9.90. The molecule has 2 heterocycles. The number of hydrogen-bond acceptors (Lipinski definition) is 6. The molecule has 8 nitrogen and oxygen atoms in total. The maximum absolute atomic E-state index is 13.1. The lowest BCUT2D eigenvalue weighted by Gasteiger charge is -2.30. The number of ether oxygens (including phenoxy) is 2. The van der Waals surface area contributed by atoms with E-state index in [1.807, 2.05) is 6.92 Å². The van der Waals surface area contributed by atoms with Crippen molar-refractivity contribution in [3.63, 3.8) is 0 Å². The highest BCUT2D eigenvalue weighted by Crippen LogP contribution is 2.26. The Hall–Kier alpha value is -2.27. The van der Waals surface area contributed by atoms with Crippen LogP contribution in [0.25, 0.3) is 0 Å². The van der Waals surface area contributed by atoms with Gasteiger partial charge in [0.2, 0.25) is 0 Å². The van der Waals surface area contributed by atoms with Gasteiger partial charge in [-0.3, -0.25) is 14.4 Å². The molecule has 2 aromatic rings. The summed E-state index contributed by atoms with van der Waals surface area (Å²) in [6.45, 7) is 4.52. The van der Waals surface area contributed by atoms with Crippen LogP contribution in [0.2, 0.25) is 0 Å². The van der Waals surface area contributed by atoms with Gasteiger partial charge < -0.3 is 25.0 Å². The number of anilines is 2. The summed E-state index contributed by atoms with van der Waals surface area (Å²) in [7, 11) is 1.47. The van der Waals surface area contributed by atoms with Crippen molar-refractivity contribution in [2.45, 2.75) is 19.4 Å². The second-order valence-corrected chi connectivity index (χ2v) is 9.84. The fourth-order valence-electron chi connectivity index (χ4n) is 3.27. The maximum Gasteiger partial charge on any atom is 0.262 e. The van der Waals surface area contributed by atoms with Gasteiger partial charge in [-0.05, 0) is 65.7 Å². The van der Waals surface area contributed by atoms with Crippen LogP contribution < -0.4 is 15.5 Å². The van der Waals surface area contributed by atoms with E-state index in [0.29, 0.717) is 23.7 Å². The molecule has 1 atom stereocenters. The first-order valence-electron chi connectivity index (χ1n) is 9.60. The van der Waals surface area contributed by atoms with Crippen molar-refractivity contribution in [1.29, 1.82) is 0 Å². The topological polar surface area (TPSA) is 97.0 Å². The molecule has 0 spiro atoms. The average Bonchev–Trinajstić information content (AvgIpc) is 3.15. The van der Waals surface area contributed by atoms with Crippen molar-refractivity contribution >= 4 is 56.4 Å². The first kappa shape index (κ1) is 23.4. The molecule has 1 aliphatic rings. The van der Waals surface area contributed by atoms with Gasteiger partial charge in [0.05, 0.1) is 21.9 Å². The van der Waals surface area contributed by atoms with Gasteiger partial charge in [0, 0.05) is 25.0 Å². The van der Waals surface area contributed by atoms with Crippen LogP contribution in [0.4, 0.5) is 11.4 Å². The molecule has 1 saturated heterocycles. The summed E-state index contributed by atoms with van der Waals surface area (Å²) < 4.78 is 11.2. The largest absolute Gasteiger partial charge is 0.382 e. The molecule has 1 aromatic heterocycles. The van der Waals surface area contributed by atoms with Crippen molar-refractivity contribution in [3.05, 3.63) is 44.6 Å². The molecule has 1 aliphatic heterocycles. The molecule has 3 rings (SSSR count). The van der Waals surface area contributed by atoms with Gasteiger partial charge in [0.15, 0.2) is 0 Å². The van der Waals surface area contributed by atoms with Crippen LogP contribution in [0.1, 0.15) is 22.2 Å². The Morgan fingerprint density at radius 1 is 1.32 bits per heavy atom. The molecule has 0 unspecified atom stereocenters. The van der Waals surface area contributed by atoms with Crippen LogP contribution >= 0.6 is 27.3 Å². The van der Waals surface area contributed by atoms with E-state index in [0.717, 1.165) is 15.0 Å². The molecular formula is C21H24BrN3O5S. The molecule has 1 aromatic carbocycles. The van der Waals surface area contributed by atoms with Crippen molar-refractivity contribution < 1.29 is 23.9 Å². The number of nitrogens with one attached hydrogen (secondary N) is 2. The normalized spacial score (nSPS) is 16.0. The number of methoxy groups -OCH3 is 1. The van der Waals surface area contributed by atoms with E-state index in [9.17, 15) is 14.4 Å². The fourth-order valence-corrected chi connectivity index (χ4v) is 4.55. The zero-order chi connectivity index (χ0) is 22.6. The lowest BCUT2D eigenvalue weighted by molar-refractivity contribution is -0.125. The highest BCUT2D eigenvalue weighted by atomic mass is 79.9. The standard InChI is InChI=1S/C21H24BrN3O5S/c1-13-10-14(4-5-15(13)25-8-9-30-11-18(25)26)23-20(28)21(2,12-29-3)24-19(27)16-6-7-17(22)31-16/h4-7,10H,8-9,11-12H2,1-3H3,(H,23,28)(H,24,27)/t21-/m0/s1. The number of benzene rings is 1. The highest BCUT2D eigenvalue weighted by molar-refractivity contribution is 9.11. The van der Waals surface area contributed by atoms with Crippen LogP contribution in [-0.4, -0.2) is 56.7 Å². The van der Waals surface area contributed by atoms with Gasteiger partial charge in [-0.15, -0.1) is 11.3 Å². The molecule has 166 valence electrons. The minimum atomic E-state index is -1.28. The molecule has 0 bridgehead atoms. The monoisotopic (exact) mass is 509 g/mol. The number of morpholine rings is 1. The van der Waals surface area contributed by atoms with E-state index in [2.05, 4.69) is 26.6 Å². The first-order valence-corrected chi connectivity index (χ1v) is 11.2. The summed E-state index contributed by atoms with van der Waals surface area (Å²) in [5, 5.41) is 5.62. The Morgan fingerprint density at radius 2 is 2.10 bits per heavy atom. The molecule has 2 N–H and O–H groups in total. The number of carbonyl (C=O) groups excluding carboxylic acids is 3. The molecule has 1 fully saturated rings. The molecular weight excluding hydrogens is 486 g/mol. The van der Waals surface area contributed by atoms with Crippen LogP contribution in [0, 0.1) is 6.92 Å². The number of thiophene rings is 1. The number of aryl methyl sites for hydroxylation is 1. The Kier molecular flexibility index (Phi) is 7.47. The van der Waals surface area contributed by atoms with Gasteiger partial charge >= 0.3 is 0 Å². The van der Waals surface area contributed by atoms with Gasteiger partial charge in [0.1, 0.15) is 12.1 Å². The fraction of sp³-hybridized carbons (Fsp3) is 0.381. The zero-order valence-corrected chi connectivity index (χ0v) is 19.9. The molecule has 31 heavy (non-hydrogen) atoms. The number of hydrogen-bond donors (Lipinski definition) is 2. The average molecular weight is 510 g/mol.